The molecule has 108 valence electrons. The minimum Gasteiger partial charge on any atom is -0.340 e. The van der Waals surface area contributed by atoms with Crippen LogP contribution in [0.15, 0.2) is 24.7 Å². The number of nitrogens with zero attached hydrogens (tertiary/aromatic N) is 5. The van der Waals surface area contributed by atoms with E-state index in [1.807, 2.05) is 44.0 Å². The van der Waals surface area contributed by atoms with Crippen LogP contribution in [-0.4, -0.2) is 37.4 Å². The summed E-state index contributed by atoms with van der Waals surface area (Å²) in [4.78, 5) is 13.8. The molecule has 2 rings (SSSR count). The van der Waals surface area contributed by atoms with Crippen LogP contribution in [0.4, 0.5) is 0 Å². The van der Waals surface area contributed by atoms with Crippen molar-refractivity contribution >= 4 is 5.91 Å². The second-order valence-corrected chi connectivity index (χ2v) is 4.94. The molecular weight excluding hydrogens is 254 g/mol. The first-order valence-corrected chi connectivity index (χ1v) is 6.84. The van der Waals surface area contributed by atoms with E-state index >= 15 is 0 Å². The Kier molecular flexibility index (Phi) is 4.55. The van der Waals surface area contributed by atoms with E-state index in [0.29, 0.717) is 19.5 Å². The molecule has 6 nitrogen and oxygen atoms in total. The Bertz CT molecular complexity index is 572. The Morgan fingerprint density at radius 2 is 2.20 bits per heavy atom. The molecule has 6 heteroatoms. The molecule has 0 bridgehead atoms. The fraction of sp³-hybridized carbons (Fsp3) is 0.500. The van der Waals surface area contributed by atoms with Crippen LogP contribution >= 0.6 is 0 Å². The standard InChI is InChI=1S/C14H21N5O/c1-4-18-7-5-13(16-18)11-17(3)14(20)6-8-19-10-12(2)9-15-19/h5,7,9-10H,4,6,8,11H2,1-3H3. The highest BCUT2D eigenvalue weighted by Crippen LogP contribution is 2.03. The van der Waals surface area contributed by atoms with Crippen LogP contribution < -0.4 is 0 Å². The number of hydrogen-bond acceptors (Lipinski definition) is 3. The van der Waals surface area contributed by atoms with Crippen molar-refractivity contribution in [3.8, 4) is 0 Å². The highest BCUT2D eigenvalue weighted by Gasteiger charge is 2.11. The second kappa shape index (κ2) is 6.36. The third-order valence-electron chi connectivity index (χ3n) is 3.16. The van der Waals surface area contributed by atoms with Crippen molar-refractivity contribution in [2.24, 2.45) is 0 Å². The zero-order valence-electron chi connectivity index (χ0n) is 12.3. The molecule has 0 aliphatic heterocycles. The normalized spacial score (nSPS) is 10.8. The van der Waals surface area contributed by atoms with E-state index in [2.05, 4.69) is 10.2 Å². The zero-order valence-corrected chi connectivity index (χ0v) is 12.3. The Morgan fingerprint density at radius 3 is 2.80 bits per heavy atom. The molecule has 0 saturated heterocycles. The lowest BCUT2D eigenvalue weighted by Gasteiger charge is -2.15. The van der Waals surface area contributed by atoms with Crippen LogP contribution in [0.2, 0.25) is 0 Å². The maximum Gasteiger partial charge on any atom is 0.224 e. The number of amides is 1. The summed E-state index contributed by atoms with van der Waals surface area (Å²) in [7, 11) is 1.81. The van der Waals surface area contributed by atoms with E-state index in [1.54, 1.807) is 15.8 Å². The lowest BCUT2D eigenvalue weighted by molar-refractivity contribution is -0.130. The van der Waals surface area contributed by atoms with E-state index in [9.17, 15) is 4.79 Å². The largest absolute Gasteiger partial charge is 0.340 e. The molecule has 0 fully saturated rings. The highest BCUT2D eigenvalue weighted by molar-refractivity contribution is 5.75. The zero-order chi connectivity index (χ0) is 14.5. The molecule has 0 aliphatic rings. The Balaban J connectivity index is 1.82. The van der Waals surface area contributed by atoms with Crippen LogP contribution in [0, 0.1) is 6.92 Å². The van der Waals surface area contributed by atoms with Gasteiger partial charge in [-0.1, -0.05) is 0 Å². The van der Waals surface area contributed by atoms with Crippen LogP contribution in [0.1, 0.15) is 24.6 Å². The Labute approximate surface area is 119 Å². The predicted octanol–water partition coefficient (Wildman–Crippen LogP) is 1.46. The van der Waals surface area contributed by atoms with Gasteiger partial charge >= 0.3 is 0 Å². The number of aryl methyl sites for hydroxylation is 3. The number of hydrogen-bond donors (Lipinski definition) is 0. The summed E-state index contributed by atoms with van der Waals surface area (Å²) in [5.41, 5.74) is 2.02. The van der Waals surface area contributed by atoms with E-state index < -0.39 is 0 Å². The summed E-state index contributed by atoms with van der Waals surface area (Å²) < 4.78 is 3.66. The van der Waals surface area contributed by atoms with Crippen molar-refractivity contribution in [3.63, 3.8) is 0 Å². The molecule has 0 N–H and O–H groups in total. The molecular formula is C14H21N5O. The first kappa shape index (κ1) is 14.3. The fourth-order valence-electron chi connectivity index (χ4n) is 1.99. The fourth-order valence-corrected chi connectivity index (χ4v) is 1.99. The van der Waals surface area contributed by atoms with Gasteiger partial charge in [0.1, 0.15) is 0 Å². The van der Waals surface area contributed by atoms with Gasteiger partial charge in [0.05, 0.1) is 18.4 Å². The molecule has 0 unspecified atom stereocenters. The van der Waals surface area contributed by atoms with Gasteiger partial charge in [-0.15, -0.1) is 0 Å². The van der Waals surface area contributed by atoms with E-state index in [-0.39, 0.29) is 5.91 Å². The average Bonchev–Trinajstić information content (AvgIpc) is 3.04. The SMILES string of the molecule is CCn1ccc(CN(C)C(=O)CCn2cc(C)cn2)n1. The van der Waals surface area contributed by atoms with Crippen molar-refractivity contribution in [1.29, 1.82) is 0 Å². The van der Waals surface area contributed by atoms with Crippen molar-refractivity contribution in [3.05, 3.63) is 35.9 Å². The van der Waals surface area contributed by atoms with Gasteiger partial charge in [-0.25, -0.2) is 0 Å². The molecule has 0 radical (unpaired) electrons. The topological polar surface area (TPSA) is 56.0 Å². The van der Waals surface area contributed by atoms with Crippen molar-refractivity contribution in [2.45, 2.75) is 39.9 Å². The van der Waals surface area contributed by atoms with E-state index in [0.717, 1.165) is 17.8 Å². The Hall–Kier alpha value is -2.11. The van der Waals surface area contributed by atoms with Crippen molar-refractivity contribution in [1.82, 2.24) is 24.5 Å². The molecule has 0 aromatic carbocycles. The third kappa shape index (κ3) is 3.69. The maximum absolute atomic E-state index is 12.1. The quantitative estimate of drug-likeness (QED) is 0.802. The van der Waals surface area contributed by atoms with Gasteiger partial charge < -0.3 is 4.90 Å². The average molecular weight is 275 g/mol. The summed E-state index contributed by atoms with van der Waals surface area (Å²) in [6.07, 6.45) is 6.12. The van der Waals surface area contributed by atoms with Crippen LogP contribution in [0.3, 0.4) is 0 Å². The summed E-state index contributed by atoms with van der Waals surface area (Å²) >= 11 is 0. The number of aromatic nitrogens is 4. The van der Waals surface area contributed by atoms with Gasteiger partial charge in [-0.05, 0) is 25.5 Å². The monoisotopic (exact) mass is 275 g/mol. The highest BCUT2D eigenvalue weighted by atomic mass is 16.2. The molecule has 0 atom stereocenters. The second-order valence-electron chi connectivity index (χ2n) is 4.94. The minimum atomic E-state index is 0.101. The van der Waals surface area contributed by atoms with E-state index in [1.165, 1.54) is 0 Å². The van der Waals surface area contributed by atoms with E-state index in [4.69, 9.17) is 0 Å². The maximum atomic E-state index is 12.1. The number of carbonyl (C=O) groups excluding carboxylic acids is 1. The van der Waals surface area contributed by atoms with Crippen molar-refractivity contribution in [2.75, 3.05) is 7.05 Å². The van der Waals surface area contributed by atoms with Crippen LogP contribution in [0.5, 0.6) is 0 Å². The predicted molar refractivity (Wildman–Crippen MR) is 76.0 cm³/mol. The first-order chi connectivity index (χ1) is 9.58. The van der Waals surface area contributed by atoms with Gasteiger partial charge in [0, 0.05) is 39.0 Å². The lowest BCUT2D eigenvalue weighted by Crippen LogP contribution is -2.27. The molecule has 0 spiro atoms. The van der Waals surface area contributed by atoms with Gasteiger partial charge in [0.2, 0.25) is 5.91 Å². The molecule has 1 amide bonds. The lowest BCUT2D eigenvalue weighted by atomic mass is 10.3. The number of carbonyl (C=O) groups is 1. The Morgan fingerprint density at radius 1 is 1.40 bits per heavy atom. The van der Waals surface area contributed by atoms with Gasteiger partial charge in [0.15, 0.2) is 0 Å². The van der Waals surface area contributed by atoms with Crippen LogP contribution in [0.25, 0.3) is 0 Å². The molecule has 0 aliphatic carbocycles. The third-order valence-corrected chi connectivity index (χ3v) is 3.16. The van der Waals surface area contributed by atoms with Gasteiger partial charge in [-0.3, -0.25) is 14.2 Å². The molecule has 2 aromatic rings. The molecule has 2 heterocycles. The minimum absolute atomic E-state index is 0.101. The van der Waals surface area contributed by atoms with Crippen LogP contribution in [-0.2, 0) is 24.4 Å². The summed E-state index contributed by atoms with van der Waals surface area (Å²) in [5.74, 6) is 0.101. The summed E-state index contributed by atoms with van der Waals surface area (Å²) in [6.45, 7) is 6.03. The first-order valence-electron chi connectivity index (χ1n) is 6.84. The molecule has 20 heavy (non-hydrogen) atoms. The smallest absolute Gasteiger partial charge is 0.224 e. The van der Waals surface area contributed by atoms with Gasteiger partial charge in [-0.2, -0.15) is 10.2 Å². The summed E-state index contributed by atoms with van der Waals surface area (Å²) in [6, 6.07) is 1.95. The van der Waals surface area contributed by atoms with Gasteiger partial charge in [0.25, 0.3) is 0 Å². The van der Waals surface area contributed by atoms with Crippen molar-refractivity contribution < 1.29 is 4.79 Å². The molecule has 0 saturated carbocycles. The molecule has 2 aromatic heterocycles. The number of rotatable bonds is 6. The summed E-state index contributed by atoms with van der Waals surface area (Å²) in [5, 5.41) is 8.55.